The van der Waals surface area contributed by atoms with Gasteiger partial charge >= 0.3 is 5.97 Å². The largest absolute Gasteiger partial charge is 0.480 e. The number of carboxylic acids is 1. The van der Waals surface area contributed by atoms with E-state index in [4.69, 9.17) is 5.73 Å². The molecule has 4 unspecified atom stereocenters. The van der Waals surface area contributed by atoms with Gasteiger partial charge in [0.05, 0.1) is 15.5 Å². The third kappa shape index (κ3) is 2.54. The van der Waals surface area contributed by atoms with E-state index in [0.29, 0.717) is 5.56 Å². The summed E-state index contributed by atoms with van der Waals surface area (Å²) in [6.07, 6.45) is 0. The van der Waals surface area contributed by atoms with E-state index in [1.165, 1.54) is 0 Å². The van der Waals surface area contributed by atoms with E-state index >= 15 is 0 Å². The first-order chi connectivity index (χ1) is 11.7. The molecular formula is C16H19N3O5S. The number of hydrogen-bond donors (Lipinski definition) is 3. The molecule has 0 bridgehead atoms. The SMILES string of the molecule is CC1(C)[C@H](C(=O)O)N2C(=O)C(NC(=O)C(N)c3ccccc3)C2S1=O. The maximum atomic E-state index is 12.7. The monoisotopic (exact) mass is 365 g/mol. The van der Waals surface area contributed by atoms with Crippen LogP contribution in [0.25, 0.3) is 0 Å². The zero-order valence-corrected chi connectivity index (χ0v) is 14.5. The number of amides is 2. The van der Waals surface area contributed by atoms with Gasteiger partial charge in [0.2, 0.25) is 11.8 Å². The normalized spacial score (nSPS) is 31.0. The second kappa shape index (κ2) is 5.92. The standard InChI is InChI=1S/C16H19N3O5S/c1-16(2)11(15(22)23)19-13(21)10(14(19)25(16)24)18-12(20)9(17)8-6-4-3-5-7-8/h3-7,9-11,14H,17H2,1-2H3,(H,18,20)(H,22,23)/t9?,10?,11-,14?,25?/m0/s1. The Morgan fingerprint density at radius 3 is 2.48 bits per heavy atom. The van der Waals surface area contributed by atoms with Crippen LogP contribution in [0.3, 0.4) is 0 Å². The highest BCUT2D eigenvalue weighted by atomic mass is 32.2. The van der Waals surface area contributed by atoms with Gasteiger partial charge < -0.3 is 21.1 Å². The van der Waals surface area contributed by atoms with Gasteiger partial charge in [0.25, 0.3) is 0 Å². The predicted molar refractivity (Wildman–Crippen MR) is 89.6 cm³/mol. The second-order valence-corrected chi connectivity index (χ2v) is 8.78. The summed E-state index contributed by atoms with van der Waals surface area (Å²) in [4.78, 5) is 37.3. The molecule has 2 fully saturated rings. The lowest BCUT2D eigenvalue weighted by atomic mass is 9.95. The van der Waals surface area contributed by atoms with E-state index in [1.807, 2.05) is 0 Å². The summed E-state index contributed by atoms with van der Waals surface area (Å²) >= 11 is 0. The molecule has 8 nitrogen and oxygen atoms in total. The van der Waals surface area contributed by atoms with Crippen LogP contribution in [-0.2, 0) is 25.2 Å². The third-order valence-corrected chi connectivity index (χ3v) is 6.93. The van der Waals surface area contributed by atoms with Gasteiger partial charge in [0.15, 0.2) is 0 Å². The van der Waals surface area contributed by atoms with Crippen molar-refractivity contribution in [3.8, 4) is 0 Å². The van der Waals surface area contributed by atoms with Crippen molar-refractivity contribution in [3.63, 3.8) is 0 Å². The molecule has 1 aromatic rings. The van der Waals surface area contributed by atoms with Crippen molar-refractivity contribution in [3.05, 3.63) is 35.9 Å². The maximum absolute atomic E-state index is 12.7. The lowest BCUT2D eigenvalue weighted by Crippen LogP contribution is -2.72. The highest BCUT2D eigenvalue weighted by Crippen LogP contribution is 2.43. The molecule has 0 spiro atoms. The molecule has 0 radical (unpaired) electrons. The molecule has 4 N–H and O–H groups in total. The summed E-state index contributed by atoms with van der Waals surface area (Å²) < 4.78 is 11.5. The molecule has 1 aromatic carbocycles. The van der Waals surface area contributed by atoms with E-state index < -0.39 is 56.8 Å². The van der Waals surface area contributed by atoms with E-state index in [1.54, 1.807) is 44.2 Å². The number of nitrogens with zero attached hydrogens (tertiary/aromatic N) is 1. The summed E-state index contributed by atoms with van der Waals surface area (Å²) in [5, 5.41) is 11.0. The molecule has 0 aliphatic carbocycles. The molecule has 2 saturated heterocycles. The minimum Gasteiger partial charge on any atom is -0.480 e. The highest BCUT2D eigenvalue weighted by Gasteiger charge is 2.68. The average Bonchev–Trinajstić information content (AvgIpc) is 2.77. The fraction of sp³-hybridized carbons (Fsp3) is 0.438. The van der Waals surface area contributed by atoms with Crippen molar-refractivity contribution >= 4 is 28.6 Å². The number of carbonyl (C=O) groups excluding carboxylic acids is 2. The summed E-state index contributed by atoms with van der Waals surface area (Å²) in [5.74, 6) is -2.33. The van der Waals surface area contributed by atoms with Crippen LogP contribution < -0.4 is 11.1 Å². The number of nitrogens with one attached hydrogen (secondary N) is 1. The van der Waals surface area contributed by atoms with Gasteiger partial charge in [-0.1, -0.05) is 30.3 Å². The minimum atomic E-state index is -1.63. The number of benzene rings is 1. The fourth-order valence-electron chi connectivity index (χ4n) is 3.35. The summed E-state index contributed by atoms with van der Waals surface area (Å²) in [5.41, 5.74) is 6.49. The number of aliphatic carboxylic acids is 1. The van der Waals surface area contributed by atoms with Crippen LogP contribution in [0.1, 0.15) is 25.5 Å². The Hall–Kier alpha value is -2.26. The Balaban J connectivity index is 1.78. The van der Waals surface area contributed by atoms with Crippen molar-refractivity contribution in [1.82, 2.24) is 10.2 Å². The Kier molecular flexibility index (Phi) is 4.16. The smallest absolute Gasteiger partial charge is 0.328 e. The molecule has 2 aliphatic heterocycles. The molecule has 2 amide bonds. The Morgan fingerprint density at radius 2 is 1.92 bits per heavy atom. The molecule has 134 valence electrons. The average molecular weight is 365 g/mol. The summed E-state index contributed by atoms with van der Waals surface area (Å²) in [6, 6.07) is 5.48. The molecule has 25 heavy (non-hydrogen) atoms. The number of β-lactam (4-membered cyclic amide) rings is 1. The van der Waals surface area contributed by atoms with Crippen molar-refractivity contribution < 1.29 is 23.7 Å². The first-order valence-electron chi connectivity index (χ1n) is 7.74. The van der Waals surface area contributed by atoms with Gasteiger partial charge in [-0.3, -0.25) is 13.8 Å². The zero-order valence-electron chi connectivity index (χ0n) is 13.7. The molecule has 0 aromatic heterocycles. The van der Waals surface area contributed by atoms with Gasteiger partial charge in [-0.2, -0.15) is 0 Å². The van der Waals surface area contributed by atoms with Gasteiger partial charge in [-0.05, 0) is 19.4 Å². The van der Waals surface area contributed by atoms with Crippen molar-refractivity contribution in [2.24, 2.45) is 5.73 Å². The summed E-state index contributed by atoms with van der Waals surface area (Å²) in [7, 11) is -1.63. The van der Waals surface area contributed by atoms with Gasteiger partial charge in [-0.25, -0.2) is 4.79 Å². The molecule has 0 saturated carbocycles. The second-order valence-electron chi connectivity index (χ2n) is 6.65. The van der Waals surface area contributed by atoms with Crippen LogP contribution in [0.5, 0.6) is 0 Å². The third-order valence-electron chi connectivity index (χ3n) is 4.73. The number of fused-ring (bicyclic) bond motifs is 1. The number of rotatable bonds is 4. The first-order valence-corrected chi connectivity index (χ1v) is 8.95. The number of hydrogen-bond acceptors (Lipinski definition) is 5. The van der Waals surface area contributed by atoms with Crippen molar-refractivity contribution in [2.75, 3.05) is 0 Å². The molecule has 2 aliphatic rings. The Labute approximate surface area is 146 Å². The predicted octanol–water partition coefficient (Wildman–Crippen LogP) is -0.666. The molecule has 5 atom stereocenters. The number of nitrogens with two attached hydrogens (primary N) is 1. The highest BCUT2D eigenvalue weighted by molar-refractivity contribution is 7.87. The van der Waals surface area contributed by atoms with Crippen LogP contribution in [0.2, 0.25) is 0 Å². The Bertz CT molecular complexity index is 766. The minimum absolute atomic E-state index is 0.551. The van der Waals surface area contributed by atoms with Crippen LogP contribution in [0, 0.1) is 0 Å². The van der Waals surface area contributed by atoms with E-state index in [0.717, 1.165) is 4.90 Å². The number of carbonyl (C=O) groups is 3. The van der Waals surface area contributed by atoms with Crippen molar-refractivity contribution in [1.29, 1.82) is 0 Å². The van der Waals surface area contributed by atoms with Crippen LogP contribution >= 0.6 is 0 Å². The van der Waals surface area contributed by atoms with E-state index in [-0.39, 0.29) is 0 Å². The molecular weight excluding hydrogens is 346 g/mol. The lowest BCUT2D eigenvalue weighted by molar-refractivity contribution is -0.161. The first kappa shape index (κ1) is 17.6. The van der Waals surface area contributed by atoms with Crippen LogP contribution in [0.15, 0.2) is 30.3 Å². The Morgan fingerprint density at radius 1 is 1.32 bits per heavy atom. The lowest BCUT2D eigenvalue weighted by Gasteiger charge is -2.43. The van der Waals surface area contributed by atoms with Crippen LogP contribution in [0.4, 0.5) is 0 Å². The zero-order chi connectivity index (χ0) is 18.5. The van der Waals surface area contributed by atoms with Gasteiger partial charge in [-0.15, -0.1) is 0 Å². The molecule has 9 heteroatoms. The quantitative estimate of drug-likeness (QED) is 0.607. The van der Waals surface area contributed by atoms with Crippen LogP contribution in [-0.4, -0.2) is 54.2 Å². The molecule has 2 heterocycles. The molecule has 3 rings (SSSR count). The van der Waals surface area contributed by atoms with E-state index in [2.05, 4.69) is 5.32 Å². The topological polar surface area (TPSA) is 130 Å². The van der Waals surface area contributed by atoms with E-state index in [9.17, 15) is 23.7 Å². The van der Waals surface area contributed by atoms with Gasteiger partial charge in [0, 0.05) is 0 Å². The fourth-order valence-corrected chi connectivity index (χ4v) is 5.27. The van der Waals surface area contributed by atoms with Gasteiger partial charge in [0.1, 0.15) is 23.5 Å². The summed E-state index contributed by atoms with van der Waals surface area (Å²) in [6.45, 7) is 3.09. The number of carboxylic acid groups (broad SMARTS) is 1. The maximum Gasteiger partial charge on any atom is 0.328 e. The van der Waals surface area contributed by atoms with Crippen molar-refractivity contribution in [2.45, 2.75) is 42.1 Å².